The van der Waals surface area contributed by atoms with Crippen molar-refractivity contribution in [1.29, 1.82) is 0 Å². The minimum Gasteiger partial charge on any atom is -0.368 e. The third kappa shape index (κ3) is 2.48. The lowest BCUT2D eigenvalue weighted by Gasteiger charge is -2.21. The number of halogens is 1. The summed E-state index contributed by atoms with van der Waals surface area (Å²) in [4.78, 5) is 24.5. The van der Waals surface area contributed by atoms with Gasteiger partial charge in [0.25, 0.3) is 0 Å². The van der Waals surface area contributed by atoms with E-state index in [0.29, 0.717) is 18.0 Å². The molecule has 18 heavy (non-hydrogen) atoms. The van der Waals surface area contributed by atoms with Gasteiger partial charge in [0.05, 0.1) is 0 Å². The molecule has 1 saturated heterocycles. The van der Waals surface area contributed by atoms with Crippen LogP contribution < -0.4 is 5.73 Å². The Bertz CT molecular complexity index is 472. The average Bonchev–Trinajstić information content (AvgIpc) is 2.71. The van der Waals surface area contributed by atoms with Gasteiger partial charge in [-0.15, -0.1) is 0 Å². The number of rotatable bonds is 3. The summed E-state index contributed by atoms with van der Waals surface area (Å²) in [6.07, 6.45) is 0.416. The first-order valence-corrected chi connectivity index (χ1v) is 6.21. The SMILES string of the molecule is C[C@@H](C(N)=O)N1C[C@H](c2ccc(Cl)cc2)CC1=O. The summed E-state index contributed by atoms with van der Waals surface area (Å²) in [7, 11) is 0. The number of hydrogen-bond donors (Lipinski definition) is 1. The monoisotopic (exact) mass is 266 g/mol. The van der Waals surface area contributed by atoms with E-state index in [2.05, 4.69) is 0 Å². The van der Waals surface area contributed by atoms with E-state index in [1.807, 2.05) is 24.3 Å². The largest absolute Gasteiger partial charge is 0.368 e. The Morgan fingerprint density at radius 2 is 2.06 bits per heavy atom. The topological polar surface area (TPSA) is 63.4 Å². The predicted octanol–water partition coefficient (Wildman–Crippen LogP) is 1.53. The fourth-order valence-corrected chi connectivity index (χ4v) is 2.34. The highest BCUT2D eigenvalue weighted by Crippen LogP contribution is 2.29. The third-order valence-electron chi connectivity index (χ3n) is 3.38. The maximum absolute atomic E-state index is 11.9. The molecule has 2 amide bonds. The van der Waals surface area contributed by atoms with E-state index in [1.165, 1.54) is 0 Å². The van der Waals surface area contributed by atoms with Crippen LogP contribution >= 0.6 is 11.6 Å². The summed E-state index contributed by atoms with van der Waals surface area (Å²) in [6, 6.07) is 6.90. The molecule has 1 aromatic carbocycles. The van der Waals surface area contributed by atoms with Crippen LogP contribution in [0.1, 0.15) is 24.8 Å². The fourth-order valence-electron chi connectivity index (χ4n) is 2.22. The summed E-state index contributed by atoms with van der Waals surface area (Å²) >= 11 is 5.83. The van der Waals surface area contributed by atoms with Crippen molar-refractivity contribution in [2.45, 2.75) is 25.3 Å². The Labute approximate surface area is 111 Å². The van der Waals surface area contributed by atoms with E-state index in [4.69, 9.17) is 17.3 Å². The van der Waals surface area contributed by atoms with Gasteiger partial charge in [0.2, 0.25) is 11.8 Å². The quantitative estimate of drug-likeness (QED) is 0.902. The van der Waals surface area contributed by atoms with E-state index in [-0.39, 0.29) is 11.8 Å². The standard InChI is InChI=1S/C13H15ClN2O2/c1-8(13(15)18)16-7-10(6-12(16)17)9-2-4-11(14)5-3-9/h2-5,8,10H,6-7H2,1H3,(H2,15,18)/t8-,10+/m0/s1. The lowest BCUT2D eigenvalue weighted by molar-refractivity contribution is -0.135. The van der Waals surface area contributed by atoms with E-state index in [0.717, 1.165) is 5.56 Å². The average molecular weight is 267 g/mol. The molecule has 0 unspecified atom stereocenters. The van der Waals surface area contributed by atoms with Crippen LogP contribution in [0.4, 0.5) is 0 Å². The number of benzene rings is 1. The molecule has 1 aromatic rings. The Kier molecular flexibility index (Phi) is 3.57. The fraction of sp³-hybridized carbons (Fsp3) is 0.385. The molecule has 0 radical (unpaired) electrons. The predicted molar refractivity (Wildman–Crippen MR) is 69.2 cm³/mol. The van der Waals surface area contributed by atoms with E-state index >= 15 is 0 Å². The van der Waals surface area contributed by atoms with Gasteiger partial charge in [-0.3, -0.25) is 9.59 Å². The first-order chi connectivity index (χ1) is 8.49. The number of nitrogens with zero attached hydrogens (tertiary/aromatic N) is 1. The summed E-state index contributed by atoms with van der Waals surface area (Å²) < 4.78 is 0. The molecule has 1 aliphatic heterocycles. The van der Waals surface area contributed by atoms with E-state index in [9.17, 15) is 9.59 Å². The minimum absolute atomic E-state index is 0.0266. The molecule has 5 heteroatoms. The van der Waals surface area contributed by atoms with Gasteiger partial charge in [0.15, 0.2) is 0 Å². The van der Waals surface area contributed by atoms with E-state index in [1.54, 1.807) is 11.8 Å². The Balaban J connectivity index is 2.13. The van der Waals surface area contributed by atoms with Crippen LogP contribution in [0.5, 0.6) is 0 Å². The van der Waals surface area contributed by atoms with Crippen LogP contribution in [0.3, 0.4) is 0 Å². The molecule has 1 fully saturated rings. The van der Waals surface area contributed by atoms with Crippen molar-refractivity contribution >= 4 is 23.4 Å². The van der Waals surface area contributed by atoms with Crippen molar-refractivity contribution in [3.8, 4) is 0 Å². The molecule has 2 atom stereocenters. The third-order valence-corrected chi connectivity index (χ3v) is 3.63. The lowest BCUT2D eigenvalue weighted by atomic mass is 9.98. The second-order valence-electron chi connectivity index (χ2n) is 4.58. The number of carbonyl (C=O) groups is 2. The van der Waals surface area contributed by atoms with Crippen molar-refractivity contribution in [2.24, 2.45) is 5.73 Å². The number of hydrogen-bond acceptors (Lipinski definition) is 2. The first-order valence-electron chi connectivity index (χ1n) is 5.83. The summed E-state index contributed by atoms with van der Waals surface area (Å²) in [5, 5.41) is 0.672. The van der Waals surface area contributed by atoms with Crippen molar-refractivity contribution in [3.63, 3.8) is 0 Å². The van der Waals surface area contributed by atoms with Gasteiger partial charge in [-0.2, -0.15) is 0 Å². The minimum atomic E-state index is -0.546. The molecular weight excluding hydrogens is 252 g/mol. The number of carbonyl (C=O) groups excluding carboxylic acids is 2. The van der Waals surface area contributed by atoms with Gasteiger partial charge in [-0.25, -0.2) is 0 Å². The molecule has 0 aliphatic carbocycles. The number of amides is 2. The zero-order valence-corrected chi connectivity index (χ0v) is 10.9. The molecule has 2 rings (SSSR count). The van der Waals surface area contributed by atoms with Crippen LogP contribution in [0.15, 0.2) is 24.3 Å². The van der Waals surface area contributed by atoms with Crippen LogP contribution in [0.2, 0.25) is 5.02 Å². The molecule has 4 nitrogen and oxygen atoms in total. The zero-order valence-electron chi connectivity index (χ0n) is 10.1. The van der Waals surface area contributed by atoms with Gasteiger partial charge in [0.1, 0.15) is 6.04 Å². The first kappa shape index (κ1) is 12.9. The van der Waals surface area contributed by atoms with Crippen LogP contribution in [-0.2, 0) is 9.59 Å². The van der Waals surface area contributed by atoms with Gasteiger partial charge in [-0.1, -0.05) is 23.7 Å². The van der Waals surface area contributed by atoms with Gasteiger partial charge in [0, 0.05) is 23.9 Å². The zero-order chi connectivity index (χ0) is 13.3. The highest BCUT2D eigenvalue weighted by atomic mass is 35.5. The normalized spacial score (nSPS) is 21.1. The number of nitrogens with two attached hydrogens (primary N) is 1. The van der Waals surface area contributed by atoms with Crippen molar-refractivity contribution < 1.29 is 9.59 Å². The van der Waals surface area contributed by atoms with Crippen molar-refractivity contribution in [2.75, 3.05) is 6.54 Å². The summed E-state index contributed by atoms with van der Waals surface area (Å²) in [5.74, 6) is -0.391. The highest BCUT2D eigenvalue weighted by Gasteiger charge is 2.35. The summed E-state index contributed by atoms with van der Waals surface area (Å²) in [6.45, 7) is 2.19. The molecule has 1 heterocycles. The molecular formula is C13H15ClN2O2. The molecule has 96 valence electrons. The molecule has 2 N–H and O–H groups in total. The van der Waals surface area contributed by atoms with Crippen LogP contribution in [0, 0.1) is 0 Å². The second kappa shape index (κ2) is 4.98. The van der Waals surface area contributed by atoms with Crippen LogP contribution in [0.25, 0.3) is 0 Å². The molecule has 0 saturated carbocycles. The van der Waals surface area contributed by atoms with Gasteiger partial charge in [-0.05, 0) is 24.6 Å². The van der Waals surface area contributed by atoms with Crippen molar-refractivity contribution in [1.82, 2.24) is 4.90 Å². The van der Waals surface area contributed by atoms with Crippen molar-refractivity contribution in [3.05, 3.63) is 34.9 Å². The molecule has 0 aromatic heterocycles. The number of likely N-dealkylation sites (tertiary alicyclic amines) is 1. The van der Waals surface area contributed by atoms with Gasteiger partial charge < -0.3 is 10.6 Å². The maximum atomic E-state index is 11.9. The lowest BCUT2D eigenvalue weighted by Crippen LogP contribution is -2.43. The summed E-state index contributed by atoms with van der Waals surface area (Å²) in [5.41, 5.74) is 6.29. The smallest absolute Gasteiger partial charge is 0.239 e. The maximum Gasteiger partial charge on any atom is 0.239 e. The second-order valence-corrected chi connectivity index (χ2v) is 5.01. The molecule has 0 bridgehead atoms. The van der Waals surface area contributed by atoms with Gasteiger partial charge >= 0.3 is 0 Å². The highest BCUT2D eigenvalue weighted by molar-refractivity contribution is 6.30. The van der Waals surface area contributed by atoms with E-state index < -0.39 is 11.9 Å². The Morgan fingerprint density at radius 1 is 1.44 bits per heavy atom. The number of primary amides is 1. The molecule has 1 aliphatic rings. The molecule has 0 spiro atoms. The van der Waals surface area contributed by atoms with Crippen LogP contribution in [-0.4, -0.2) is 29.3 Å². The Hall–Kier alpha value is -1.55. The Morgan fingerprint density at radius 3 is 2.61 bits per heavy atom.